The highest BCUT2D eigenvalue weighted by Crippen LogP contribution is 2.57. The molecule has 3 atom stereocenters. The molecule has 1 aromatic rings. The number of ether oxygens (including phenoxy) is 2. The van der Waals surface area contributed by atoms with Gasteiger partial charge in [0, 0.05) is 0 Å². The van der Waals surface area contributed by atoms with Gasteiger partial charge in [-0.1, -0.05) is 19.4 Å². The third kappa shape index (κ3) is 2.05. The topological polar surface area (TPSA) is 35.5 Å². The Morgan fingerprint density at radius 3 is 2.68 bits per heavy atom. The van der Waals surface area contributed by atoms with Gasteiger partial charge in [-0.25, -0.2) is 0 Å². The number of methoxy groups -OCH3 is 2. The lowest BCUT2D eigenvalue weighted by molar-refractivity contribution is -0.161. The number of benzene rings is 1. The fraction of sp³-hybridized carbons (Fsp3) is 0.632. The highest BCUT2D eigenvalue weighted by Gasteiger charge is 2.55. The quantitative estimate of drug-likeness (QED) is 0.778. The molecule has 2 aliphatic carbocycles. The standard InChI is InChI=1S/C19H26O3/c1-18-10-5-11-19(2,17(20)22-4)16(18)9-7-13-6-8-14(21-3)12-15(13)18/h6,8,12,16H,5,7,9-11H2,1-4H3/t16?,18-,19-/m0/s1. The second-order valence-corrected chi connectivity index (χ2v) is 7.29. The summed E-state index contributed by atoms with van der Waals surface area (Å²) in [5.41, 5.74) is 2.44. The lowest BCUT2D eigenvalue weighted by Gasteiger charge is -2.54. The summed E-state index contributed by atoms with van der Waals surface area (Å²) >= 11 is 0. The lowest BCUT2D eigenvalue weighted by Crippen LogP contribution is -2.52. The first-order valence-corrected chi connectivity index (χ1v) is 8.21. The molecule has 3 heteroatoms. The number of aryl methyl sites for hydroxylation is 1. The second kappa shape index (κ2) is 5.29. The molecule has 120 valence electrons. The highest BCUT2D eigenvalue weighted by atomic mass is 16.5. The van der Waals surface area contributed by atoms with Crippen molar-refractivity contribution in [2.45, 2.75) is 51.4 Å². The van der Waals surface area contributed by atoms with Gasteiger partial charge in [-0.3, -0.25) is 4.79 Å². The number of fused-ring (bicyclic) bond motifs is 3. The third-order valence-corrected chi connectivity index (χ3v) is 6.22. The fourth-order valence-electron chi connectivity index (χ4n) is 5.04. The van der Waals surface area contributed by atoms with Crippen molar-refractivity contribution in [1.29, 1.82) is 0 Å². The number of rotatable bonds is 2. The molecular formula is C19H26O3. The summed E-state index contributed by atoms with van der Waals surface area (Å²) in [5.74, 6) is 1.20. The Labute approximate surface area is 133 Å². The third-order valence-electron chi connectivity index (χ3n) is 6.22. The largest absolute Gasteiger partial charge is 0.497 e. The molecule has 0 amide bonds. The summed E-state index contributed by atoms with van der Waals surface area (Å²) in [5, 5.41) is 0. The van der Waals surface area contributed by atoms with Crippen molar-refractivity contribution in [3.8, 4) is 5.75 Å². The van der Waals surface area contributed by atoms with E-state index >= 15 is 0 Å². The minimum atomic E-state index is -0.373. The van der Waals surface area contributed by atoms with E-state index in [9.17, 15) is 4.79 Å². The minimum Gasteiger partial charge on any atom is -0.497 e. The molecule has 1 unspecified atom stereocenters. The maximum absolute atomic E-state index is 12.5. The van der Waals surface area contributed by atoms with E-state index in [1.54, 1.807) is 7.11 Å². The lowest BCUT2D eigenvalue weighted by atomic mass is 9.50. The summed E-state index contributed by atoms with van der Waals surface area (Å²) in [6.45, 7) is 4.43. The number of carbonyl (C=O) groups excluding carboxylic acids is 1. The molecule has 1 saturated carbocycles. The molecule has 1 fully saturated rings. The Morgan fingerprint density at radius 1 is 1.23 bits per heavy atom. The molecule has 3 nitrogen and oxygen atoms in total. The molecule has 3 rings (SSSR count). The number of esters is 1. The minimum absolute atomic E-state index is 0.0311. The SMILES string of the molecule is COC(=O)[C@@]1(C)CCC[C@@]2(C)c3cc(OC)ccc3CCC21. The van der Waals surface area contributed by atoms with Crippen molar-refractivity contribution in [3.05, 3.63) is 29.3 Å². The van der Waals surface area contributed by atoms with Crippen LogP contribution in [0.25, 0.3) is 0 Å². The van der Waals surface area contributed by atoms with Gasteiger partial charge < -0.3 is 9.47 Å². The van der Waals surface area contributed by atoms with E-state index in [1.807, 2.05) is 6.07 Å². The van der Waals surface area contributed by atoms with Gasteiger partial charge in [-0.05, 0) is 67.2 Å². The average molecular weight is 302 g/mol. The second-order valence-electron chi connectivity index (χ2n) is 7.29. The molecule has 0 spiro atoms. The van der Waals surface area contributed by atoms with E-state index in [0.717, 1.165) is 37.9 Å². The molecule has 0 bridgehead atoms. The number of carbonyl (C=O) groups is 1. The van der Waals surface area contributed by atoms with Crippen LogP contribution in [-0.4, -0.2) is 20.2 Å². The van der Waals surface area contributed by atoms with Gasteiger partial charge in [-0.15, -0.1) is 0 Å². The van der Waals surface area contributed by atoms with Crippen molar-refractivity contribution in [2.24, 2.45) is 11.3 Å². The Hall–Kier alpha value is -1.51. The molecule has 0 aliphatic heterocycles. The van der Waals surface area contributed by atoms with Crippen LogP contribution in [0.2, 0.25) is 0 Å². The smallest absolute Gasteiger partial charge is 0.311 e. The average Bonchev–Trinajstić information content (AvgIpc) is 2.53. The van der Waals surface area contributed by atoms with E-state index < -0.39 is 0 Å². The van der Waals surface area contributed by atoms with Crippen molar-refractivity contribution >= 4 is 5.97 Å². The first-order chi connectivity index (χ1) is 10.5. The van der Waals surface area contributed by atoms with E-state index in [1.165, 1.54) is 18.2 Å². The van der Waals surface area contributed by atoms with E-state index in [4.69, 9.17) is 9.47 Å². The molecule has 0 heterocycles. The van der Waals surface area contributed by atoms with Gasteiger partial charge in [0.25, 0.3) is 0 Å². The molecule has 1 aromatic carbocycles. The van der Waals surface area contributed by atoms with Gasteiger partial charge in [0.2, 0.25) is 0 Å². The number of hydrogen-bond donors (Lipinski definition) is 0. The molecule has 22 heavy (non-hydrogen) atoms. The molecule has 0 N–H and O–H groups in total. The monoisotopic (exact) mass is 302 g/mol. The van der Waals surface area contributed by atoms with Gasteiger partial charge in [-0.2, -0.15) is 0 Å². The van der Waals surface area contributed by atoms with Crippen molar-refractivity contribution in [3.63, 3.8) is 0 Å². The Bertz CT molecular complexity index is 594. The predicted octanol–water partition coefficient (Wildman–Crippen LogP) is 3.88. The zero-order chi connectivity index (χ0) is 16.0. The first kappa shape index (κ1) is 15.4. The van der Waals surface area contributed by atoms with Gasteiger partial charge in [0.15, 0.2) is 0 Å². The zero-order valence-corrected chi connectivity index (χ0v) is 14.1. The molecule has 0 aromatic heterocycles. The fourth-order valence-corrected chi connectivity index (χ4v) is 5.04. The number of hydrogen-bond acceptors (Lipinski definition) is 3. The molecular weight excluding hydrogens is 276 g/mol. The van der Waals surface area contributed by atoms with Crippen molar-refractivity contribution < 1.29 is 14.3 Å². The van der Waals surface area contributed by atoms with E-state index in [-0.39, 0.29) is 16.8 Å². The van der Waals surface area contributed by atoms with Gasteiger partial charge in [0.05, 0.1) is 19.6 Å². The molecule has 0 radical (unpaired) electrons. The van der Waals surface area contributed by atoms with Crippen LogP contribution < -0.4 is 4.74 Å². The molecule has 2 aliphatic rings. The van der Waals surface area contributed by atoms with E-state index in [0.29, 0.717) is 5.92 Å². The molecule has 0 saturated heterocycles. The van der Waals surface area contributed by atoms with Gasteiger partial charge >= 0.3 is 5.97 Å². The Kier molecular flexibility index (Phi) is 3.70. The van der Waals surface area contributed by atoms with Crippen LogP contribution in [-0.2, 0) is 21.4 Å². The zero-order valence-electron chi connectivity index (χ0n) is 14.1. The summed E-state index contributed by atoms with van der Waals surface area (Å²) in [6.07, 6.45) is 5.21. The maximum atomic E-state index is 12.5. The Balaban J connectivity index is 2.09. The van der Waals surface area contributed by atoms with Crippen LogP contribution in [0, 0.1) is 11.3 Å². The van der Waals surface area contributed by atoms with Crippen LogP contribution in [0.4, 0.5) is 0 Å². The normalized spacial score (nSPS) is 33.5. The van der Waals surface area contributed by atoms with Crippen molar-refractivity contribution in [1.82, 2.24) is 0 Å². The van der Waals surface area contributed by atoms with E-state index in [2.05, 4.69) is 26.0 Å². The van der Waals surface area contributed by atoms with Crippen molar-refractivity contribution in [2.75, 3.05) is 14.2 Å². The summed E-state index contributed by atoms with van der Waals surface area (Å²) in [7, 11) is 3.23. The summed E-state index contributed by atoms with van der Waals surface area (Å²) < 4.78 is 10.6. The Morgan fingerprint density at radius 2 is 2.00 bits per heavy atom. The highest BCUT2D eigenvalue weighted by molar-refractivity contribution is 5.77. The predicted molar refractivity (Wildman–Crippen MR) is 86.1 cm³/mol. The van der Waals surface area contributed by atoms with Crippen LogP contribution >= 0.6 is 0 Å². The van der Waals surface area contributed by atoms with Crippen LogP contribution in [0.15, 0.2) is 18.2 Å². The van der Waals surface area contributed by atoms with Crippen LogP contribution in [0.1, 0.15) is 50.7 Å². The summed E-state index contributed by atoms with van der Waals surface area (Å²) in [6, 6.07) is 6.43. The maximum Gasteiger partial charge on any atom is 0.311 e. The van der Waals surface area contributed by atoms with Crippen LogP contribution in [0.3, 0.4) is 0 Å². The summed E-state index contributed by atoms with van der Waals surface area (Å²) in [4.78, 5) is 12.5. The van der Waals surface area contributed by atoms with Gasteiger partial charge in [0.1, 0.15) is 5.75 Å². The first-order valence-electron chi connectivity index (χ1n) is 8.21. The van der Waals surface area contributed by atoms with Crippen LogP contribution in [0.5, 0.6) is 5.75 Å².